The summed E-state index contributed by atoms with van der Waals surface area (Å²) in [5, 5.41) is 1.77. The van der Waals surface area contributed by atoms with Crippen molar-refractivity contribution >= 4 is 11.8 Å². The van der Waals surface area contributed by atoms with Gasteiger partial charge in [0.2, 0.25) is 11.8 Å². The van der Waals surface area contributed by atoms with Crippen LogP contribution >= 0.6 is 0 Å². The van der Waals surface area contributed by atoms with Crippen molar-refractivity contribution in [1.29, 1.82) is 0 Å². The fraction of sp³-hybridized carbons (Fsp3) is 0.429. The minimum atomic E-state index is -4.47. The van der Waals surface area contributed by atoms with Crippen LogP contribution in [0.15, 0.2) is 30.3 Å². The summed E-state index contributed by atoms with van der Waals surface area (Å²) in [6.45, 7) is -0.672. The monoisotopic (exact) mass is 300 g/mol. The molecule has 0 spiro atoms. The summed E-state index contributed by atoms with van der Waals surface area (Å²) in [7, 11) is 0. The SMILES string of the molecule is O=C(NCC(F)(F)F)C1CCN(Cc2ccccc2)C1=O. The molecule has 0 saturated carbocycles. The smallest absolute Gasteiger partial charge is 0.346 e. The number of benzene rings is 1. The van der Waals surface area contributed by atoms with Crippen LogP contribution in [-0.2, 0) is 16.1 Å². The van der Waals surface area contributed by atoms with Gasteiger partial charge in [-0.3, -0.25) is 9.59 Å². The molecule has 2 rings (SSSR count). The fourth-order valence-corrected chi connectivity index (χ4v) is 2.25. The summed E-state index contributed by atoms with van der Waals surface area (Å²) >= 11 is 0. The third kappa shape index (κ3) is 4.21. The molecular weight excluding hydrogens is 285 g/mol. The summed E-state index contributed by atoms with van der Waals surface area (Å²) in [4.78, 5) is 25.2. The van der Waals surface area contributed by atoms with Crippen molar-refractivity contribution in [3.05, 3.63) is 35.9 Å². The molecule has 1 unspecified atom stereocenters. The first-order valence-electron chi connectivity index (χ1n) is 6.54. The van der Waals surface area contributed by atoms with Gasteiger partial charge >= 0.3 is 6.18 Å². The molecule has 1 aliphatic heterocycles. The van der Waals surface area contributed by atoms with Crippen LogP contribution in [-0.4, -0.2) is 36.0 Å². The van der Waals surface area contributed by atoms with Gasteiger partial charge in [0, 0.05) is 13.1 Å². The maximum atomic E-state index is 12.1. The Hall–Kier alpha value is -2.05. The van der Waals surface area contributed by atoms with E-state index >= 15 is 0 Å². The number of nitrogens with zero attached hydrogens (tertiary/aromatic N) is 1. The van der Waals surface area contributed by atoms with Crippen LogP contribution < -0.4 is 5.32 Å². The standard InChI is InChI=1S/C14H15F3N2O2/c15-14(16,17)9-18-12(20)11-6-7-19(13(11)21)8-10-4-2-1-3-5-10/h1-5,11H,6-9H2,(H,18,20). The average Bonchev–Trinajstić information content (AvgIpc) is 2.78. The van der Waals surface area contributed by atoms with Gasteiger partial charge in [-0.1, -0.05) is 30.3 Å². The van der Waals surface area contributed by atoms with Gasteiger partial charge in [-0.2, -0.15) is 13.2 Å². The first-order valence-corrected chi connectivity index (χ1v) is 6.54. The van der Waals surface area contributed by atoms with E-state index in [-0.39, 0.29) is 6.42 Å². The van der Waals surface area contributed by atoms with Crippen molar-refractivity contribution in [2.75, 3.05) is 13.1 Å². The molecule has 114 valence electrons. The molecule has 0 aliphatic carbocycles. The largest absolute Gasteiger partial charge is 0.405 e. The lowest BCUT2D eigenvalue weighted by Crippen LogP contribution is -2.40. The van der Waals surface area contributed by atoms with Gasteiger partial charge in [0.05, 0.1) is 0 Å². The maximum Gasteiger partial charge on any atom is 0.405 e. The number of hydrogen-bond donors (Lipinski definition) is 1. The average molecular weight is 300 g/mol. The third-order valence-electron chi connectivity index (χ3n) is 3.29. The number of carbonyl (C=O) groups excluding carboxylic acids is 2. The fourth-order valence-electron chi connectivity index (χ4n) is 2.25. The van der Waals surface area contributed by atoms with E-state index in [0.29, 0.717) is 13.1 Å². The van der Waals surface area contributed by atoms with Gasteiger partial charge in [-0.15, -0.1) is 0 Å². The molecule has 0 aromatic heterocycles. The highest BCUT2D eigenvalue weighted by Gasteiger charge is 2.38. The third-order valence-corrected chi connectivity index (χ3v) is 3.29. The summed E-state index contributed by atoms with van der Waals surface area (Å²) in [6, 6.07) is 9.23. The molecule has 0 bridgehead atoms. The number of hydrogen-bond acceptors (Lipinski definition) is 2. The van der Waals surface area contributed by atoms with Crippen molar-refractivity contribution < 1.29 is 22.8 Å². The number of amides is 2. The van der Waals surface area contributed by atoms with E-state index in [1.165, 1.54) is 4.90 Å². The molecule has 1 aliphatic rings. The van der Waals surface area contributed by atoms with E-state index in [1.807, 2.05) is 30.3 Å². The first kappa shape index (κ1) is 15.3. The summed E-state index contributed by atoms with van der Waals surface area (Å²) in [5.41, 5.74) is 0.919. The van der Waals surface area contributed by atoms with Crippen molar-refractivity contribution in [3.63, 3.8) is 0 Å². The van der Waals surface area contributed by atoms with Gasteiger partial charge in [0.1, 0.15) is 12.5 Å². The molecule has 1 fully saturated rings. The van der Waals surface area contributed by atoms with Crippen LogP contribution in [0, 0.1) is 5.92 Å². The molecule has 4 nitrogen and oxygen atoms in total. The highest BCUT2D eigenvalue weighted by atomic mass is 19.4. The molecule has 1 aromatic carbocycles. The normalized spacial score (nSPS) is 18.9. The lowest BCUT2D eigenvalue weighted by molar-refractivity contribution is -0.145. The Morgan fingerprint density at radius 3 is 2.57 bits per heavy atom. The number of halogens is 3. The quantitative estimate of drug-likeness (QED) is 0.861. The van der Waals surface area contributed by atoms with Crippen molar-refractivity contribution in [2.24, 2.45) is 5.92 Å². The summed E-state index contributed by atoms with van der Waals surface area (Å²) < 4.78 is 36.2. The minimum Gasteiger partial charge on any atom is -0.346 e. The molecule has 1 aromatic rings. The van der Waals surface area contributed by atoms with E-state index in [2.05, 4.69) is 0 Å². The highest BCUT2D eigenvalue weighted by molar-refractivity contribution is 6.01. The minimum absolute atomic E-state index is 0.245. The second kappa shape index (κ2) is 6.15. The number of carbonyl (C=O) groups is 2. The lowest BCUT2D eigenvalue weighted by atomic mass is 10.1. The van der Waals surface area contributed by atoms with Gasteiger partial charge in [-0.05, 0) is 12.0 Å². The van der Waals surface area contributed by atoms with Crippen LogP contribution in [0.4, 0.5) is 13.2 Å². The predicted molar refractivity (Wildman–Crippen MR) is 69.0 cm³/mol. The van der Waals surface area contributed by atoms with Crippen LogP contribution in [0.25, 0.3) is 0 Å². The number of alkyl halides is 3. The maximum absolute atomic E-state index is 12.1. The molecule has 1 N–H and O–H groups in total. The van der Waals surface area contributed by atoms with Crippen LogP contribution in [0.3, 0.4) is 0 Å². The van der Waals surface area contributed by atoms with Crippen LogP contribution in [0.1, 0.15) is 12.0 Å². The Bertz CT molecular complexity index is 517. The summed E-state index contributed by atoms with van der Waals surface area (Å²) in [5.74, 6) is -2.29. The van der Waals surface area contributed by atoms with Gasteiger partial charge < -0.3 is 10.2 Å². The Kier molecular flexibility index (Phi) is 4.50. The van der Waals surface area contributed by atoms with E-state index < -0.39 is 30.5 Å². The van der Waals surface area contributed by atoms with Gasteiger partial charge in [-0.25, -0.2) is 0 Å². The Labute approximate surface area is 119 Å². The summed E-state index contributed by atoms with van der Waals surface area (Å²) in [6.07, 6.45) is -4.23. The van der Waals surface area contributed by atoms with E-state index in [0.717, 1.165) is 5.56 Å². The number of nitrogens with one attached hydrogen (secondary N) is 1. The zero-order valence-electron chi connectivity index (χ0n) is 11.2. The Balaban J connectivity index is 1.90. The molecule has 1 atom stereocenters. The van der Waals surface area contributed by atoms with Crippen LogP contribution in [0.5, 0.6) is 0 Å². The first-order chi connectivity index (χ1) is 9.87. The molecule has 2 amide bonds. The molecule has 21 heavy (non-hydrogen) atoms. The molecular formula is C14H15F3N2O2. The van der Waals surface area contributed by atoms with E-state index in [4.69, 9.17) is 0 Å². The number of rotatable bonds is 4. The van der Waals surface area contributed by atoms with Crippen LogP contribution in [0.2, 0.25) is 0 Å². The lowest BCUT2D eigenvalue weighted by Gasteiger charge is -2.17. The Morgan fingerprint density at radius 1 is 1.29 bits per heavy atom. The molecule has 0 radical (unpaired) electrons. The molecule has 7 heteroatoms. The number of likely N-dealkylation sites (tertiary alicyclic amines) is 1. The Morgan fingerprint density at radius 2 is 1.95 bits per heavy atom. The zero-order valence-corrected chi connectivity index (χ0v) is 11.2. The van der Waals surface area contributed by atoms with Gasteiger partial charge in [0.15, 0.2) is 0 Å². The van der Waals surface area contributed by atoms with Crippen molar-refractivity contribution in [3.8, 4) is 0 Å². The predicted octanol–water partition coefficient (Wildman–Crippen LogP) is 1.71. The van der Waals surface area contributed by atoms with Crippen molar-refractivity contribution in [1.82, 2.24) is 10.2 Å². The van der Waals surface area contributed by atoms with E-state index in [9.17, 15) is 22.8 Å². The van der Waals surface area contributed by atoms with Crippen molar-refractivity contribution in [2.45, 2.75) is 19.1 Å². The highest BCUT2D eigenvalue weighted by Crippen LogP contribution is 2.21. The molecule has 1 saturated heterocycles. The topological polar surface area (TPSA) is 49.4 Å². The molecule has 1 heterocycles. The second-order valence-electron chi connectivity index (χ2n) is 4.92. The van der Waals surface area contributed by atoms with E-state index in [1.54, 1.807) is 5.32 Å². The zero-order chi connectivity index (χ0) is 15.5. The van der Waals surface area contributed by atoms with Gasteiger partial charge in [0.25, 0.3) is 0 Å². The second-order valence-corrected chi connectivity index (χ2v) is 4.92.